The second-order valence-electron chi connectivity index (χ2n) is 9.43. The number of carbonyl (C=O) groups is 2. The SMILES string of the molecule is Cc1ccc(C2CN(C(=O)c3ccccc3C)CC2C(=O)N2CCc3ccccc3C2)cc1. The summed E-state index contributed by atoms with van der Waals surface area (Å²) in [6.45, 7) is 6.45. The Kier molecular flexibility index (Phi) is 5.76. The number of hydrogen-bond donors (Lipinski definition) is 0. The molecule has 0 N–H and O–H groups in total. The van der Waals surface area contributed by atoms with Crippen LogP contribution in [0.1, 0.15) is 44.1 Å². The molecule has 4 heteroatoms. The van der Waals surface area contributed by atoms with Gasteiger partial charge in [0.1, 0.15) is 0 Å². The topological polar surface area (TPSA) is 40.6 Å². The van der Waals surface area contributed by atoms with E-state index in [1.807, 2.05) is 47.1 Å². The highest BCUT2D eigenvalue weighted by molar-refractivity contribution is 5.96. The fourth-order valence-corrected chi connectivity index (χ4v) is 5.27. The minimum Gasteiger partial charge on any atom is -0.338 e. The van der Waals surface area contributed by atoms with Crippen LogP contribution in [0.25, 0.3) is 0 Å². The van der Waals surface area contributed by atoms with E-state index in [1.165, 1.54) is 16.7 Å². The normalized spacial score (nSPS) is 19.9. The van der Waals surface area contributed by atoms with Crippen molar-refractivity contribution in [1.29, 1.82) is 0 Å². The maximum Gasteiger partial charge on any atom is 0.254 e. The first-order valence-corrected chi connectivity index (χ1v) is 11.8. The lowest BCUT2D eigenvalue weighted by molar-refractivity contribution is -0.136. The Balaban J connectivity index is 1.43. The van der Waals surface area contributed by atoms with Crippen molar-refractivity contribution in [3.05, 3.63) is 106 Å². The summed E-state index contributed by atoms with van der Waals surface area (Å²) in [7, 11) is 0. The van der Waals surface area contributed by atoms with Crippen LogP contribution in [0, 0.1) is 19.8 Å². The molecule has 168 valence electrons. The number of carbonyl (C=O) groups excluding carboxylic acids is 2. The van der Waals surface area contributed by atoms with Crippen LogP contribution in [0.5, 0.6) is 0 Å². The van der Waals surface area contributed by atoms with Crippen molar-refractivity contribution in [3.63, 3.8) is 0 Å². The number of fused-ring (bicyclic) bond motifs is 1. The molecule has 5 rings (SSSR count). The van der Waals surface area contributed by atoms with Crippen LogP contribution < -0.4 is 0 Å². The molecule has 1 fully saturated rings. The predicted octanol–water partition coefficient (Wildman–Crippen LogP) is 4.74. The van der Waals surface area contributed by atoms with E-state index in [-0.39, 0.29) is 23.7 Å². The first-order valence-electron chi connectivity index (χ1n) is 11.8. The number of amides is 2. The third kappa shape index (κ3) is 4.18. The van der Waals surface area contributed by atoms with E-state index >= 15 is 0 Å². The van der Waals surface area contributed by atoms with E-state index < -0.39 is 0 Å². The molecule has 3 aromatic carbocycles. The Labute approximate surface area is 195 Å². The first-order chi connectivity index (χ1) is 16.0. The molecule has 0 bridgehead atoms. The van der Waals surface area contributed by atoms with Crippen LogP contribution in [-0.2, 0) is 17.8 Å². The molecular formula is C29H30N2O2. The van der Waals surface area contributed by atoms with Gasteiger partial charge in [-0.05, 0) is 48.6 Å². The molecule has 4 nitrogen and oxygen atoms in total. The zero-order valence-electron chi connectivity index (χ0n) is 19.3. The molecule has 2 atom stereocenters. The highest BCUT2D eigenvalue weighted by atomic mass is 16.2. The lowest BCUT2D eigenvalue weighted by Crippen LogP contribution is -2.42. The van der Waals surface area contributed by atoms with Crippen molar-refractivity contribution in [1.82, 2.24) is 9.80 Å². The summed E-state index contributed by atoms with van der Waals surface area (Å²) < 4.78 is 0. The highest BCUT2D eigenvalue weighted by Crippen LogP contribution is 2.36. The molecule has 0 spiro atoms. The van der Waals surface area contributed by atoms with Crippen LogP contribution in [0.2, 0.25) is 0 Å². The summed E-state index contributed by atoms with van der Waals surface area (Å²) in [6, 6.07) is 24.5. The molecule has 2 unspecified atom stereocenters. The van der Waals surface area contributed by atoms with Crippen molar-refractivity contribution in [3.8, 4) is 0 Å². The van der Waals surface area contributed by atoms with Crippen molar-refractivity contribution in [2.45, 2.75) is 32.7 Å². The molecule has 33 heavy (non-hydrogen) atoms. The molecule has 2 aliphatic rings. The lowest BCUT2D eigenvalue weighted by Gasteiger charge is -2.32. The maximum absolute atomic E-state index is 13.8. The lowest BCUT2D eigenvalue weighted by atomic mass is 9.87. The molecule has 0 saturated carbocycles. The van der Waals surface area contributed by atoms with Gasteiger partial charge in [-0.25, -0.2) is 0 Å². The Morgan fingerprint density at radius 2 is 1.48 bits per heavy atom. The van der Waals surface area contributed by atoms with Gasteiger partial charge >= 0.3 is 0 Å². The average Bonchev–Trinajstić information content (AvgIpc) is 3.29. The van der Waals surface area contributed by atoms with Gasteiger partial charge in [0, 0.05) is 37.7 Å². The van der Waals surface area contributed by atoms with Crippen molar-refractivity contribution < 1.29 is 9.59 Å². The van der Waals surface area contributed by atoms with Gasteiger partial charge < -0.3 is 9.80 Å². The van der Waals surface area contributed by atoms with Gasteiger partial charge in [-0.2, -0.15) is 0 Å². The van der Waals surface area contributed by atoms with Crippen LogP contribution in [0.4, 0.5) is 0 Å². The van der Waals surface area contributed by atoms with E-state index in [0.717, 1.165) is 29.7 Å². The Bertz CT molecular complexity index is 1180. The van der Waals surface area contributed by atoms with Crippen LogP contribution in [0.15, 0.2) is 72.8 Å². The number of benzene rings is 3. The second kappa shape index (κ2) is 8.86. The number of nitrogens with zero attached hydrogens (tertiary/aromatic N) is 2. The van der Waals surface area contributed by atoms with Gasteiger partial charge in [-0.3, -0.25) is 9.59 Å². The van der Waals surface area contributed by atoms with Gasteiger partial charge in [0.25, 0.3) is 5.91 Å². The molecule has 3 aromatic rings. The predicted molar refractivity (Wildman–Crippen MR) is 130 cm³/mol. The minimum atomic E-state index is -0.231. The van der Waals surface area contributed by atoms with Crippen LogP contribution in [0.3, 0.4) is 0 Å². The molecular weight excluding hydrogens is 408 g/mol. The molecule has 0 radical (unpaired) electrons. The van der Waals surface area contributed by atoms with E-state index in [4.69, 9.17) is 0 Å². The first kappa shape index (κ1) is 21.4. The Morgan fingerprint density at radius 1 is 0.788 bits per heavy atom. The third-order valence-corrected chi connectivity index (χ3v) is 7.25. The zero-order valence-corrected chi connectivity index (χ0v) is 19.3. The molecule has 2 amide bonds. The highest BCUT2D eigenvalue weighted by Gasteiger charge is 2.42. The number of likely N-dealkylation sites (tertiary alicyclic amines) is 1. The number of rotatable bonds is 3. The van der Waals surface area contributed by atoms with Crippen molar-refractivity contribution in [2.75, 3.05) is 19.6 Å². The summed E-state index contributed by atoms with van der Waals surface area (Å²) in [6.07, 6.45) is 0.885. The second-order valence-corrected chi connectivity index (χ2v) is 9.43. The molecule has 0 aromatic heterocycles. The van der Waals surface area contributed by atoms with Crippen molar-refractivity contribution >= 4 is 11.8 Å². The largest absolute Gasteiger partial charge is 0.338 e. The molecule has 1 saturated heterocycles. The summed E-state index contributed by atoms with van der Waals surface area (Å²) in [5, 5.41) is 0. The quantitative estimate of drug-likeness (QED) is 0.592. The standard InChI is InChI=1S/C29H30N2O2/c1-20-11-13-23(14-12-20)26-18-31(28(32)25-10-6-3-7-21(25)2)19-27(26)29(33)30-16-15-22-8-4-5-9-24(22)17-30/h3-14,26-27H,15-19H2,1-2H3. The van der Waals surface area contributed by atoms with Gasteiger partial charge in [-0.1, -0.05) is 72.3 Å². The zero-order chi connectivity index (χ0) is 22.9. The van der Waals surface area contributed by atoms with E-state index in [0.29, 0.717) is 19.6 Å². The monoisotopic (exact) mass is 438 g/mol. The summed E-state index contributed by atoms with van der Waals surface area (Å²) in [5.41, 5.74) is 6.59. The van der Waals surface area contributed by atoms with Gasteiger partial charge in [-0.15, -0.1) is 0 Å². The van der Waals surface area contributed by atoms with E-state index in [9.17, 15) is 9.59 Å². The van der Waals surface area contributed by atoms with E-state index in [1.54, 1.807) is 0 Å². The van der Waals surface area contributed by atoms with Crippen molar-refractivity contribution in [2.24, 2.45) is 5.92 Å². The van der Waals surface area contributed by atoms with Gasteiger partial charge in [0.15, 0.2) is 0 Å². The smallest absolute Gasteiger partial charge is 0.254 e. The van der Waals surface area contributed by atoms with E-state index in [2.05, 4.69) is 49.4 Å². The molecule has 2 heterocycles. The fourth-order valence-electron chi connectivity index (χ4n) is 5.27. The number of hydrogen-bond acceptors (Lipinski definition) is 2. The minimum absolute atomic E-state index is 0.00300. The Hall–Kier alpha value is -3.40. The number of aryl methyl sites for hydroxylation is 2. The average molecular weight is 439 g/mol. The summed E-state index contributed by atoms with van der Waals surface area (Å²) >= 11 is 0. The fraction of sp³-hybridized carbons (Fsp3) is 0.310. The third-order valence-electron chi connectivity index (χ3n) is 7.25. The summed E-state index contributed by atoms with van der Waals surface area (Å²) in [5.74, 6) is -0.0474. The molecule has 0 aliphatic carbocycles. The maximum atomic E-state index is 13.8. The summed E-state index contributed by atoms with van der Waals surface area (Å²) in [4.78, 5) is 31.1. The Morgan fingerprint density at radius 3 is 2.24 bits per heavy atom. The van der Waals surface area contributed by atoms with Gasteiger partial charge in [0.2, 0.25) is 5.91 Å². The van der Waals surface area contributed by atoms with Gasteiger partial charge in [0.05, 0.1) is 5.92 Å². The van der Waals surface area contributed by atoms with Crippen LogP contribution in [-0.4, -0.2) is 41.2 Å². The van der Waals surface area contributed by atoms with Crippen LogP contribution >= 0.6 is 0 Å². The molecule has 2 aliphatic heterocycles.